The van der Waals surface area contributed by atoms with Crippen LogP contribution in [0.5, 0.6) is 0 Å². The van der Waals surface area contributed by atoms with Gasteiger partial charge in [0.1, 0.15) is 0 Å². The summed E-state index contributed by atoms with van der Waals surface area (Å²) in [5.41, 5.74) is 2.88. The summed E-state index contributed by atoms with van der Waals surface area (Å²) in [4.78, 5) is 12.0. The summed E-state index contributed by atoms with van der Waals surface area (Å²) < 4.78 is 4.39. The molecule has 0 amide bonds. The molecule has 0 aliphatic heterocycles. The molecule has 20 heavy (non-hydrogen) atoms. The van der Waals surface area contributed by atoms with Crippen LogP contribution in [0.3, 0.4) is 0 Å². The van der Waals surface area contributed by atoms with Crippen molar-refractivity contribution in [1.82, 2.24) is 14.3 Å². The van der Waals surface area contributed by atoms with Gasteiger partial charge < -0.3 is 0 Å². The Labute approximate surface area is 124 Å². The third kappa shape index (κ3) is 2.08. The van der Waals surface area contributed by atoms with Gasteiger partial charge in [0, 0.05) is 40.0 Å². The van der Waals surface area contributed by atoms with Gasteiger partial charge in [-0.2, -0.15) is 5.10 Å². The van der Waals surface area contributed by atoms with Gasteiger partial charge in [-0.05, 0) is 38.1 Å². The van der Waals surface area contributed by atoms with Crippen LogP contribution < -0.4 is 5.56 Å². The Balaban J connectivity index is 2.22. The fourth-order valence-electron chi connectivity index (χ4n) is 2.37. The third-order valence-electron chi connectivity index (χ3n) is 3.44. The van der Waals surface area contributed by atoms with Gasteiger partial charge in [-0.25, -0.2) is 0 Å². The predicted octanol–water partition coefficient (Wildman–Crippen LogP) is 3.28. The number of aromatic nitrogens is 3. The van der Waals surface area contributed by atoms with E-state index in [2.05, 4.69) is 28.0 Å². The van der Waals surface area contributed by atoms with E-state index in [4.69, 9.17) is 0 Å². The fourth-order valence-corrected chi connectivity index (χ4v) is 2.69. The summed E-state index contributed by atoms with van der Waals surface area (Å²) in [6.07, 6.45) is 1.77. The van der Waals surface area contributed by atoms with Gasteiger partial charge in [0.2, 0.25) is 0 Å². The Morgan fingerprint density at radius 2 is 2.05 bits per heavy atom. The molecule has 0 aliphatic rings. The zero-order valence-corrected chi connectivity index (χ0v) is 12.9. The molecule has 3 rings (SSSR count). The van der Waals surface area contributed by atoms with Crippen molar-refractivity contribution in [3.8, 4) is 5.69 Å². The van der Waals surface area contributed by atoms with Crippen molar-refractivity contribution in [3.63, 3.8) is 0 Å². The van der Waals surface area contributed by atoms with Crippen molar-refractivity contribution in [2.45, 2.75) is 20.4 Å². The van der Waals surface area contributed by atoms with Crippen LogP contribution in [0.1, 0.15) is 12.6 Å². The highest BCUT2D eigenvalue weighted by Gasteiger charge is 2.08. The highest BCUT2D eigenvalue weighted by molar-refractivity contribution is 9.10. The first-order chi connectivity index (χ1) is 9.60. The molecule has 2 aromatic heterocycles. The maximum atomic E-state index is 12.0. The molecule has 5 heteroatoms. The molecule has 0 N–H and O–H groups in total. The topological polar surface area (TPSA) is 39.8 Å². The summed E-state index contributed by atoms with van der Waals surface area (Å²) in [5.74, 6) is 0. The van der Waals surface area contributed by atoms with Crippen LogP contribution in [0.25, 0.3) is 16.6 Å². The standard InChI is InChI=1S/C15H14BrN3O/c1-3-19-10(2)13-9-12(4-5-14(13)17-19)18-7-6-11(16)8-15(18)20/h4-9H,3H2,1-2H3. The second-order valence-electron chi connectivity index (χ2n) is 4.66. The summed E-state index contributed by atoms with van der Waals surface area (Å²) in [6.45, 7) is 4.96. The van der Waals surface area contributed by atoms with Crippen molar-refractivity contribution < 1.29 is 0 Å². The average molecular weight is 332 g/mol. The molecular formula is C15H14BrN3O. The molecule has 0 aliphatic carbocycles. The van der Waals surface area contributed by atoms with Crippen molar-refractivity contribution in [2.75, 3.05) is 0 Å². The monoisotopic (exact) mass is 331 g/mol. The van der Waals surface area contributed by atoms with E-state index in [9.17, 15) is 4.79 Å². The molecule has 4 nitrogen and oxygen atoms in total. The minimum atomic E-state index is -0.0562. The molecule has 1 aromatic carbocycles. The van der Waals surface area contributed by atoms with E-state index >= 15 is 0 Å². The van der Waals surface area contributed by atoms with Crippen molar-refractivity contribution in [3.05, 3.63) is 57.0 Å². The second kappa shape index (κ2) is 4.90. The Bertz CT molecular complexity index is 848. The first-order valence-corrected chi connectivity index (χ1v) is 7.25. The van der Waals surface area contributed by atoms with Gasteiger partial charge in [-0.1, -0.05) is 15.9 Å². The van der Waals surface area contributed by atoms with E-state index in [0.717, 1.165) is 33.3 Å². The van der Waals surface area contributed by atoms with Crippen LogP contribution in [-0.2, 0) is 6.54 Å². The van der Waals surface area contributed by atoms with Gasteiger partial charge in [0.15, 0.2) is 0 Å². The minimum absolute atomic E-state index is 0.0562. The predicted molar refractivity (Wildman–Crippen MR) is 83.4 cm³/mol. The van der Waals surface area contributed by atoms with E-state index < -0.39 is 0 Å². The van der Waals surface area contributed by atoms with Gasteiger partial charge in [-0.15, -0.1) is 0 Å². The number of fused-ring (bicyclic) bond motifs is 1. The highest BCUT2D eigenvalue weighted by Crippen LogP contribution is 2.21. The number of rotatable bonds is 2. The average Bonchev–Trinajstić information content (AvgIpc) is 2.75. The van der Waals surface area contributed by atoms with Crippen molar-refractivity contribution >= 4 is 26.8 Å². The van der Waals surface area contributed by atoms with E-state index in [1.807, 2.05) is 35.9 Å². The van der Waals surface area contributed by atoms with Crippen LogP contribution in [0.15, 0.2) is 45.8 Å². The van der Waals surface area contributed by atoms with Crippen LogP contribution >= 0.6 is 15.9 Å². The van der Waals surface area contributed by atoms with E-state index in [1.165, 1.54) is 0 Å². The first-order valence-electron chi connectivity index (χ1n) is 6.46. The number of benzene rings is 1. The quantitative estimate of drug-likeness (QED) is 0.723. The van der Waals surface area contributed by atoms with Gasteiger partial charge in [-0.3, -0.25) is 14.0 Å². The maximum Gasteiger partial charge on any atom is 0.256 e. The Morgan fingerprint density at radius 3 is 2.75 bits per heavy atom. The third-order valence-corrected chi connectivity index (χ3v) is 3.94. The van der Waals surface area contributed by atoms with Crippen LogP contribution in [0.4, 0.5) is 0 Å². The zero-order valence-electron chi connectivity index (χ0n) is 11.3. The van der Waals surface area contributed by atoms with E-state index in [1.54, 1.807) is 16.8 Å². The summed E-state index contributed by atoms with van der Waals surface area (Å²) in [5, 5.41) is 5.61. The molecule has 0 bridgehead atoms. The summed E-state index contributed by atoms with van der Waals surface area (Å²) in [7, 11) is 0. The number of nitrogens with zero attached hydrogens (tertiary/aromatic N) is 3. The molecule has 0 fully saturated rings. The molecule has 2 heterocycles. The molecule has 0 unspecified atom stereocenters. The largest absolute Gasteiger partial charge is 0.284 e. The molecule has 0 atom stereocenters. The molecule has 0 saturated carbocycles. The normalized spacial score (nSPS) is 11.2. The van der Waals surface area contributed by atoms with Crippen LogP contribution in [-0.4, -0.2) is 14.3 Å². The van der Waals surface area contributed by atoms with Crippen molar-refractivity contribution in [2.24, 2.45) is 0 Å². The Kier molecular flexibility index (Phi) is 3.22. The lowest BCUT2D eigenvalue weighted by Gasteiger charge is -2.05. The molecule has 0 radical (unpaired) electrons. The molecule has 0 spiro atoms. The lowest BCUT2D eigenvalue weighted by Crippen LogP contribution is -2.15. The van der Waals surface area contributed by atoms with E-state index in [0.29, 0.717) is 0 Å². The van der Waals surface area contributed by atoms with Gasteiger partial charge in [0.25, 0.3) is 5.56 Å². The van der Waals surface area contributed by atoms with Gasteiger partial charge in [0.05, 0.1) is 5.52 Å². The summed E-state index contributed by atoms with van der Waals surface area (Å²) >= 11 is 3.31. The SMILES string of the molecule is CCn1nc2ccc(-n3ccc(Br)cc3=O)cc2c1C. The van der Waals surface area contributed by atoms with Crippen LogP contribution in [0, 0.1) is 6.92 Å². The summed E-state index contributed by atoms with van der Waals surface area (Å²) in [6, 6.07) is 9.31. The minimum Gasteiger partial charge on any atom is -0.284 e. The number of halogens is 1. The highest BCUT2D eigenvalue weighted by atomic mass is 79.9. The number of hydrogen-bond donors (Lipinski definition) is 0. The number of pyridine rings is 1. The zero-order chi connectivity index (χ0) is 14.3. The fraction of sp³-hybridized carbons (Fsp3) is 0.200. The number of hydrogen-bond acceptors (Lipinski definition) is 2. The molecular weight excluding hydrogens is 318 g/mol. The smallest absolute Gasteiger partial charge is 0.256 e. The van der Waals surface area contributed by atoms with Crippen LogP contribution in [0.2, 0.25) is 0 Å². The molecule has 102 valence electrons. The number of aryl methyl sites for hydroxylation is 2. The van der Waals surface area contributed by atoms with Gasteiger partial charge >= 0.3 is 0 Å². The van der Waals surface area contributed by atoms with E-state index in [-0.39, 0.29) is 5.56 Å². The van der Waals surface area contributed by atoms with Crippen molar-refractivity contribution in [1.29, 1.82) is 0 Å². The second-order valence-corrected chi connectivity index (χ2v) is 5.57. The molecule has 0 saturated heterocycles. The lowest BCUT2D eigenvalue weighted by molar-refractivity contribution is 0.647. The molecule has 3 aromatic rings. The Morgan fingerprint density at radius 1 is 1.25 bits per heavy atom. The Hall–Kier alpha value is -1.88. The first kappa shape index (κ1) is 13.1. The lowest BCUT2D eigenvalue weighted by atomic mass is 10.2. The maximum absolute atomic E-state index is 12.0.